The molecule has 0 aromatic carbocycles. The Morgan fingerprint density at radius 1 is 1.00 bits per heavy atom. The van der Waals surface area contributed by atoms with Crippen LogP contribution in [0.25, 0.3) is 0 Å². The predicted molar refractivity (Wildman–Crippen MR) is 75.7 cm³/mol. The van der Waals surface area contributed by atoms with Crippen LogP contribution in [0, 0.1) is 0 Å². The van der Waals surface area contributed by atoms with E-state index in [1.165, 1.54) is 0 Å². The van der Waals surface area contributed by atoms with Crippen molar-refractivity contribution in [2.75, 3.05) is 13.2 Å². The minimum Gasteiger partial charge on any atom is -0.394 e. The Labute approximate surface area is 118 Å². The summed E-state index contributed by atoms with van der Waals surface area (Å²) < 4.78 is 0. The molecule has 2 heterocycles. The van der Waals surface area contributed by atoms with Gasteiger partial charge in [-0.25, -0.2) is 0 Å². The fourth-order valence-corrected chi connectivity index (χ4v) is 2.04. The average Bonchev–Trinajstić information content (AvgIpc) is 2.49. The van der Waals surface area contributed by atoms with Gasteiger partial charge in [-0.05, 0) is 23.3 Å². The van der Waals surface area contributed by atoms with Crippen LogP contribution in [0.5, 0.6) is 0 Å². The molecule has 0 aliphatic heterocycles. The quantitative estimate of drug-likeness (QED) is 0.782. The molecule has 1 unspecified atom stereocenters. The van der Waals surface area contributed by atoms with Gasteiger partial charge in [0.1, 0.15) is 0 Å². The molecule has 0 aliphatic carbocycles. The fraction of sp³-hybridized carbons (Fsp3) is 0.333. The smallest absolute Gasteiger partial charge is 0.0897 e. The van der Waals surface area contributed by atoms with Gasteiger partial charge in [0, 0.05) is 44.4 Å². The van der Waals surface area contributed by atoms with Gasteiger partial charge in [-0.1, -0.05) is 12.1 Å². The van der Waals surface area contributed by atoms with Crippen LogP contribution in [-0.2, 0) is 13.1 Å². The maximum atomic E-state index is 9.66. The Bertz CT molecular complexity index is 451. The number of aromatic nitrogens is 2. The molecule has 0 bridgehead atoms. The van der Waals surface area contributed by atoms with Gasteiger partial charge >= 0.3 is 0 Å². The fourth-order valence-electron chi connectivity index (χ4n) is 2.04. The van der Waals surface area contributed by atoms with Crippen LogP contribution < -0.4 is 0 Å². The molecule has 2 rings (SSSR count). The first-order valence-electron chi connectivity index (χ1n) is 6.57. The normalized spacial score (nSPS) is 12.6. The first kappa shape index (κ1) is 14.6. The van der Waals surface area contributed by atoms with E-state index in [9.17, 15) is 5.11 Å². The largest absolute Gasteiger partial charge is 0.394 e. The molecule has 0 aliphatic rings. The van der Waals surface area contributed by atoms with Crippen molar-refractivity contribution >= 4 is 0 Å². The van der Waals surface area contributed by atoms with Crippen molar-refractivity contribution in [2.24, 2.45) is 0 Å². The molecule has 0 amide bonds. The minimum absolute atomic E-state index is 0.240. The van der Waals surface area contributed by atoms with Gasteiger partial charge in [-0.2, -0.15) is 0 Å². The summed E-state index contributed by atoms with van der Waals surface area (Å²) in [6.45, 7) is 1.50. The molecule has 0 spiro atoms. The minimum atomic E-state index is -0.747. The maximum absolute atomic E-state index is 9.66. The molecule has 2 N–H and O–H groups in total. The zero-order chi connectivity index (χ0) is 14.2. The molecule has 0 saturated carbocycles. The molecule has 5 nitrogen and oxygen atoms in total. The van der Waals surface area contributed by atoms with Crippen molar-refractivity contribution in [2.45, 2.75) is 19.2 Å². The summed E-state index contributed by atoms with van der Waals surface area (Å²) in [4.78, 5) is 10.3. The molecule has 2 aromatic rings. The monoisotopic (exact) mass is 273 g/mol. The summed E-state index contributed by atoms with van der Waals surface area (Å²) in [7, 11) is 0. The predicted octanol–water partition coefficient (Wildman–Crippen LogP) is 0.832. The highest BCUT2D eigenvalue weighted by Crippen LogP contribution is 2.09. The van der Waals surface area contributed by atoms with E-state index in [0.717, 1.165) is 11.1 Å². The number of hydrogen-bond acceptors (Lipinski definition) is 5. The highest BCUT2D eigenvalue weighted by molar-refractivity contribution is 5.11. The molecule has 20 heavy (non-hydrogen) atoms. The highest BCUT2D eigenvalue weighted by atomic mass is 16.3. The van der Waals surface area contributed by atoms with Crippen molar-refractivity contribution < 1.29 is 10.2 Å². The first-order chi connectivity index (χ1) is 9.78. The third-order valence-electron chi connectivity index (χ3n) is 2.94. The van der Waals surface area contributed by atoms with Crippen molar-refractivity contribution in [3.05, 3.63) is 60.2 Å². The second kappa shape index (κ2) is 7.69. The summed E-state index contributed by atoms with van der Waals surface area (Å²) in [6, 6.07) is 7.77. The topological polar surface area (TPSA) is 69.5 Å². The molecule has 0 saturated heterocycles. The van der Waals surface area contributed by atoms with Crippen LogP contribution in [0.4, 0.5) is 0 Å². The van der Waals surface area contributed by atoms with Crippen LogP contribution in [0.3, 0.4) is 0 Å². The van der Waals surface area contributed by atoms with Gasteiger partial charge in [-0.3, -0.25) is 14.9 Å². The van der Waals surface area contributed by atoms with Crippen LogP contribution in [-0.4, -0.2) is 44.3 Å². The van der Waals surface area contributed by atoms with Gasteiger partial charge in [-0.15, -0.1) is 0 Å². The molecule has 0 radical (unpaired) electrons. The standard InChI is InChI=1S/C15H19N3O2/c19-12-15(20)11-18(9-13-3-1-5-16-7-13)10-14-4-2-6-17-8-14/h1-8,15,19-20H,9-12H2. The molecule has 1 atom stereocenters. The van der Waals surface area contributed by atoms with Crippen LogP contribution >= 0.6 is 0 Å². The Kier molecular flexibility index (Phi) is 5.61. The van der Waals surface area contributed by atoms with Gasteiger partial charge in [0.15, 0.2) is 0 Å². The lowest BCUT2D eigenvalue weighted by Gasteiger charge is -2.24. The Morgan fingerprint density at radius 3 is 1.95 bits per heavy atom. The summed E-state index contributed by atoms with van der Waals surface area (Å²) in [6.07, 6.45) is 6.33. The van der Waals surface area contributed by atoms with E-state index < -0.39 is 6.10 Å². The summed E-state index contributed by atoms with van der Waals surface area (Å²) in [5.74, 6) is 0. The van der Waals surface area contributed by atoms with Gasteiger partial charge in [0.25, 0.3) is 0 Å². The number of rotatable bonds is 7. The van der Waals surface area contributed by atoms with Crippen molar-refractivity contribution in [1.82, 2.24) is 14.9 Å². The molecule has 5 heteroatoms. The number of hydrogen-bond donors (Lipinski definition) is 2. The Hall–Kier alpha value is -1.82. The van der Waals surface area contributed by atoms with E-state index in [1.54, 1.807) is 12.4 Å². The first-order valence-corrected chi connectivity index (χ1v) is 6.57. The zero-order valence-corrected chi connectivity index (χ0v) is 11.3. The highest BCUT2D eigenvalue weighted by Gasteiger charge is 2.12. The summed E-state index contributed by atoms with van der Waals surface area (Å²) in [5.41, 5.74) is 2.14. The van der Waals surface area contributed by atoms with E-state index in [1.807, 2.05) is 36.7 Å². The van der Waals surface area contributed by atoms with Crippen molar-refractivity contribution in [3.63, 3.8) is 0 Å². The number of aliphatic hydroxyl groups is 2. The maximum Gasteiger partial charge on any atom is 0.0897 e. The molecular formula is C15H19N3O2. The molecule has 2 aromatic heterocycles. The number of nitrogens with zero attached hydrogens (tertiary/aromatic N) is 3. The second-order valence-electron chi connectivity index (χ2n) is 4.73. The zero-order valence-electron chi connectivity index (χ0n) is 11.3. The third kappa shape index (κ3) is 4.70. The Balaban J connectivity index is 2.04. The van der Waals surface area contributed by atoms with Gasteiger partial charge in [0.05, 0.1) is 12.7 Å². The average molecular weight is 273 g/mol. The van der Waals surface area contributed by atoms with Crippen LogP contribution in [0.15, 0.2) is 49.1 Å². The number of pyridine rings is 2. The van der Waals surface area contributed by atoms with Crippen LogP contribution in [0.2, 0.25) is 0 Å². The lowest BCUT2D eigenvalue weighted by atomic mass is 10.2. The lowest BCUT2D eigenvalue weighted by molar-refractivity contribution is 0.0541. The molecule has 106 valence electrons. The SMILES string of the molecule is OCC(O)CN(Cc1cccnc1)Cc1cccnc1. The van der Waals surface area contributed by atoms with Crippen molar-refractivity contribution in [1.29, 1.82) is 0 Å². The van der Waals surface area contributed by atoms with Gasteiger partial charge in [0.2, 0.25) is 0 Å². The van der Waals surface area contributed by atoms with Crippen molar-refractivity contribution in [3.8, 4) is 0 Å². The van der Waals surface area contributed by atoms with E-state index in [4.69, 9.17) is 5.11 Å². The summed E-state index contributed by atoms with van der Waals surface area (Å²) in [5, 5.41) is 18.7. The molecular weight excluding hydrogens is 254 g/mol. The Morgan fingerprint density at radius 2 is 1.55 bits per heavy atom. The van der Waals surface area contributed by atoms with E-state index >= 15 is 0 Å². The van der Waals surface area contributed by atoms with E-state index in [2.05, 4.69) is 14.9 Å². The third-order valence-corrected chi connectivity index (χ3v) is 2.94. The number of aliphatic hydroxyl groups excluding tert-OH is 2. The van der Waals surface area contributed by atoms with Gasteiger partial charge < -0.3 is 10.2 Å². The molecule has 0 fully saturated rings. The van der Waals surface area contributed by atoms with E-state index in [-0.39, 0.29) is 6.61 Å². The lowest BCUT2D eigenvalue weighted by Crippen LogP contribution is -2.33. The van der Waals surface area contributed by atoms with Crippen LogP contribution in [0.1, 0.15) is 11.1 Å². The second-order valence-corrected chi connectivity index (χ2v) is 4.73. The van der Waals surface area contributed by atoms with E-state index in [0.29, 0.717) is 19.6 Å². The summed E-state index contributed by atoms with van der Waals surface area (Å²) >= 11 is 0.